The average Bonchev–Trinajstić information content (AvgIpc) is 2.54. The highest BCUT2D eigenvalue weighted by atomic mass is 32.2. The van der Waals surface area contributed by atoms with E-state index in [2.05, 4.69) is 10.6 Å². The molecule has 0 saturated carbocycles. The molecule has 2 amide bonds. The first kappa shape index (κ1) is 17.9. The van der Waals surface area contributed by atoms with Crippen molar-refractivity contribution in [1.82, 2.24) is 5.32 Å². The van der Waals surface area contributed by atoms with Crippen molar-refractivity contribution in [3.05, 3.63) is 59.7 Å². The lowest BCUT2D eigenvalue weighted by atomic mass is 10.1. The van der Waals surface area contributed by atoms with Crippen molar-refractivity contribution in [1.29, 1.82) is 0 Å². The first-order valence-electron chi connectivity index (χ1n) is 7.48. The van der Waals surface area contributed by atoms with E-state index in [1.807, 2.05) is 13.0 Å². The largest absolute Gasteiger partial charge is 0.341 e. The number of benzene rings is 2. The summed E-state index contributed by atoms with van der Waals surface area (Å²) >= 11 is 0. The Morgan fingerprint density at radius 2 is 1.79 bits per heavy atom. The highest BCUT2D eigenvalue weighted by Crippen LogP contribution is 2.13. The van der Waals surface area contributed by atoms with Crippen molar-refractivity contribution in [2.24, 2.45) is 0 Å². The zero-order valence-corrected chi connectivity index (χ0v) is 14.6. The van der Waals surface area contributed by atoms with Crippen LogP contribution in [0.5, 0.6) is 0 Å². The van der Waals surface area contributed by atoms with Crippen LogP contribution < -0.4 is 10.6 Å². The van der Waals surface area contributed by atoms with E-state index in [4.69, 9.17) is 0 Å². The van der Waals surface area contributed by atoms with Crippen LogP contribution >= 0.6 is 0 Å². The topological polar surface area (TPSA) is 75.3 Å². The molecule has 0 unspecified atom stereocenters. The molecular formula is C18H20N2O3S. The molecule has 0 bridgehead atoms. The summed E-state index contributed by atoms with van der Waals surface area (Å²) in [4.78, 5) is 25.0. The van der Waals surface area contributed by atoms with Gasteiger partial charge < -0.3 is 10.6 Å². The van der Waals surface area contributed by atoms with Crippen LogP contribution in [0, 0.1) is 6.92 Å². The quantitative estimate of drug-likeness (QED) is 0.875. The van der Waals surface area contributed by atoms with Gasteiger partial charge in [-0.05, 0) is 44.2 Å². The number of rotatable bonds is 5. The molecular weight excluding hydrogens is 324 g/mol. The second kappa shape index (κ2) is 7.88. The summed E-state index contributed by atoms with van der Waals surface area (Å²) in [6.07, 6.45) is 1.58. The van der Waals surface area contributed by atoms with Gasteiger partial charge in [-0.3, -0.25) is 13.8 Å². The Kier molecular flexibility index (Phi) is 5.87. The van der Waals surface area contributed by atoms with Gasteiger partial charge in [0, 0.05) is 33.2 Å². The normalized spacial score (nSPS) is 13.0. The fourth-order valence-corrected chi connectivity index (χ4v) is 2.70. The molecule has 0 spiro atoms. The van der Waals surface area contributed by atoms with Gasteiger partial charge in [-0.25, -0.2) is 0 Å². The molecule has 126 valence electrons. The number of nitrogens with one attached hydrogen (secondary N) is 2. The third kappa shape index (κ3) is 4.76. The summed E-state index contributed by atoms with van der Waals surface area (Å²) in [6, 6.07) is 13.3. The molecule has 0 aromatic heterocycles. The highest BCUT2D eigenvalue weighted by Gasteiger charge is 2.17. The Morgan fingerprint density at radius 1 is 1.08 bits per heavy atom. The minimum Gasteiger partial charge on any atom is -0.341 e. The van der Waals surface area contributed by atoms with Crippen molar-refractivity contribution in [2.75, 3.05) is 11.6 Å². The fourth-order valence-electron chi connectivity index (χ4n) is 2.13. The molecule has 0 saturated heterocycles. The second-order valence-corrected chi connectivity index (χ2v) is 6.92. The van der Waals surface area contributed by atoms with Crippen molar-refractivity contribution in [3.8, 4) is 0 Å². The van der Waals surface area contributed by atoms with Gasteiger partial charge in [0.25, 0.3) is 5.91 Å². The minimum atomic E-state index is -1.12. The van der Waals surface area contributed by atoms with Crippen molar-refractivity contribution < 1.29 is 13.8 Å². The number of carbonyl (C=O) groups excluding carboxylic acids is 2. The van der Waals surface area contributed by atoms with E-state index in [0.717, 1.165) is 5.56 Å². The molecule has 2 aromatic carbocycles. The van der Waals surface area contributed by atoms with Crippen molar-refractivity contribution >= 4 is 28.3 Å². The molecule has 2 atom stereocenters. The molecule has 6 heteroatoms. The molecule has 2 rings (SSSR count). The van der Waals surface area contributed by atoms with E-state index >= 15 is 0 Å². The lowest BCUT2D eigenvalue weighted by Crippen LogP contribution is -2.41. The molecule has 0 aliphatic heterocycles. The number of aryl methyl sites for hydroxylation is 1. The van der Waals surface area contributed by atoms with E-state index < -0.39 is 16.8 Å². The zero-order chi connectivity index (χ0) is 17.7. The van der Waals surface area contributed by atoms with E-state index in [-0.39, 0.29) is 11.8 Å². The van der Waals surface area contributed by atoms with Gasteiger partial charge in [0.15, 0.2) is 0 Å². The maximum absolute atomic E-state index is 12.2. The Labute approximate surface area is 143 Å². The Morgan fingerprint density at radius 3 is 2.46 bits per heavy atom. The molecule has 2 N–H and O–H groups in total. The Balaban J connectivity index is 2.01. The molecule has 5 nitrogen and oxygen atoms in total. The fraction of sp³-hybridized carbons (Fsp3) is 0.222. The maximum Gasteiger partial charge on any atom is 0.251 e. The van der Waals surface area contributed by atoms with E-state index in [0.29, 0.717) is 16.1 Å². The summed E-state index contributed by atoms with van der Waals surface area (Å²) < 4.78 is 11.5. The molecule has 0 heterocycles. The number of hydrogen-bond donors (Lipinski definition) is 2. The van der Waals surface area contributed by atoms with E-state index in [9.17, 15) is 13.8 Å². The number of carbonyl (C=O) groups is 2. The van der Waals surface area contributed by atoms with Crippen LogP contribution in [0.1, 0.15) is 22.8 Å². The lowest BCUT2D eigenvalue weighted by molar-refractivity contribution is -0.117. The van der Waals surface area contributed by atoms with Crippen LogP contribution in [0.2, 0.25) is 0 Å². The Hall–Kier alpha value is -2.47. The molecule has 0 aliphatic carbocycles. The van der Waals surface area contributed by atoms with Crippen LogP contribution in [0.15, 0.2) is 53.4 Å². The second-order valence-electron chi connectivity index (χ2n) is 5.54. The summed E-state index contributed by atoms with van der Waals surface area (Å²) in [5, 5.41) is 5.39. The van der Waals surface area contributed by atoms with Gasteiger partial charge in [0.2, 0.25) is 5.91 Å². The van der Waals surface area contributed by atoms with Crippen LogP contribution in [0.3, 0.4) is 0 Å². The molecule has 2 aromatic rings. The molecule has 0 fully saturated rings. The van der Waals surface area contributed by atoms with Crippen LogP contribution in [-0.4, -0.2) is 28.3 Å². The van der Waals surface area contributed by atoms with Crippen molar-refractivity contribution in [2.45, 2.75) is 24.8 Å². The number of amides is 2. The first-order valence-corrected chi connectivity index (χ1v) is 9.04. The molecule has 0 radical (unpaired) electrons. The summed E-state index contributed by atoms with van der Waals surface area (Å²) in [6.45, 7) is 3.52. The zero-order valence-electron chi connectivity index (χ0n) is 13.8. The predicted molar refractivity (Wildman–Crippen MR) is 95.5 cm³/mol. The maximum atomic E-state index is 12.2. The van der Waals surface area contributed by atoms with Crippen LogP contribution in [-0.2, 0) is 15.6 Å². The highest BCUT2D eigenvalue weighted by molar-refractivity contribution is 7.84. The minimum absolute atomic E-state index is 0.301. The van der Waals surface area contributed by atoms with Crippen LogP contribution in [0.4, 0.5) is 5.69 Å². The first-order chi connectivity index (χ1) is 11.4. The van der Waals surface area contributed by atoms with E-state index in [1.54, 1.807) is 55.6 Å². The number of anilines is 1. The number of hydrogen-bond acceptors (Lipinski definition) is 3. The van der Waals surface area contributed by atoms with Gasteiger partial charge in [0.1, 0.15) is 6.04 Å². The molecule has 0 aliphatic rings. The van der Waals surface area contributed by atoms with Gasteiger partial charge in [-0.2, -0.15) is 0 Å². The monoisotopic (exact) mass is 344 g/mol. The summed E-state index contributed by atoms with van der Waals surface area (Å²) in [5.41, 5.74) is 2.03. The predicted octanol–water partition coefficient (Wildman–Crippen LogP) is 2.49. The van der Waals surface area contributed by atoms with Gasteiger partial charge in [0.05, 0.1) is 0 Å². The SMILES string of the molecule is Cc1cccc(C(=O)N[C@H](C)C(=O)Nc2cccc([S@](C)=O)c2)c1. The summed E-state index contributed by atoms with van der Waals surface area (Å²) in [7, 11) is -1.12. The van der Waals surface area contributed by atoms with E-state index in [1.165, 1.54) is 0 Å². The summed E-state index contributed by atoms with van der Waals surface area (Å²) in [5.74, 6) is -0.639. The Bertz CT molecular complexity index is 789. The lowest BCUT2D eigenvalue weighted by Gasteiger charge is -2.14. The van der Waals surface area contributed by atoms with Crippen LogP contribution in [0.25, 0.3) is 0 Å². The molecule has 24 heavy (non-hydrogen) atoms. The van der Waals surface area contributed by atoms with Crippen molar-refractivity contribution in [3.63, 3.8) is 0 Å². The van der Waals surface area contributed by atoms with Gasteiger partial charge >= 0.3 is 0 Å². The average molecular weight is 344 g/mol. The van der Waals surface area contributed by atoms with Gasteiger partial charge in [-0.1, -0.05) is 23.8 Å². The van der Waals surface area contributed by atoms with Gasteiger partial charge in [-0.15, -0.1) is 0 Å². The smallest absolute Gasteiger partial charge is 0.251 e. The third-order valence-electron chi connectivity index (χ3n) is 3.45. The standard InChI is InChI=1S/C18H20N2O3S/c1-12-6-4-7-14(10-12)18(22)19-13(2)17(21)20-15-8-5-9-16(11-15)24(3)23/h4-11,13H,1-3H3,(H,19,22)(H,20,21)/t13-,24+/m1/s1. The third-order valence-corrected chi connectivity index (χ3v) is 4.37.